The second kappa shape index (κ2) is 7.39. The van der Waals surface area contributed by atoms with Crippen LogP contribution < -0.4 is 11.6 Å². The van der Waals surface area contributed by atoms with Gasteiger partial charge in [-0.15, -0.1) is 0 Å². The molecule has 7 nitrogen and oxygen atoms in total. The van der Waals surface area contributed by atoms with Crippen LogP contribution >= 0.6 is 0 Å². The van der Waals surface area contributed by atoms with Crippen molar-refractivity contribution in [1.82, 2.24) is 5.01 Å². The highest BCUT2D eigenvalue weighted by Gasteiger charge is 2.13. The molecule has 1 aromatic carbocycles. The van der Waals surface area contributed by atoms with Crippen LogP contribution in [0.2, 0.25) is 0 Å². The van der Waals surface area contributed by atoms with E-state index < -0.39 is 16.1 Å². The fourth-order valence-electron chi connectivity index (χ4n) is 1.38. The fourth-order valence-corrected chi connectivity index (χ4v) is 1.38. The molecule has 5 N–H and O–H groups in total. The van der Waals surface area contributed by atoms with E-state index in [1.54, 1.807) is 0 Å². The molecule has 0 unspecified atom stereocenters. The number of hydrazine groups is 1. The molecule has 0 saturated carbocycles. The Morgan fingerprint density at radius 1 is 1.24 bits per heavy atom. The lowest BCUT2D eigenvalue weighted by Crippen LogP contribution is -2.40. The van der Waals surface area contributed by atoms with Gasteiger partial charge in [0, 0.05) is 0 Å². The first-order valence-corrected chi connectivity index (χ1v) is 7.99. The summed E-state index contributed by atoms with van der Waals surface area (Å²) in [6.07, 6.45) is 0.715. The van der Waals surface area contributed by atoms with Crippen molar-refractivity contribution in [2.24, 2.45) is 11.6 Å². The van der Waals surface area contributed by atoms with Gasteiger partial charge in [0.25, 0.3) is 10.1 Å². The number of nitrogens with two attached hydrogens (primary N) is 2. The molecule has 0 saturated heterocycles. The summed E-state index contributed by atoms with van der Waals surface area (Å²) in [5.74, 6) is 5.43. The molecule has 0 radical (unpaired) electrons. The summed E-state index contributed by atoms with van der Waals surface area (Å²) in [6.45, 7) is 6.79. The molecule has 0 aliphatic carbocycles. The van der Waals surface area contributed by atoms with E-state index >= 15 is 0 Å². The number of hydrogen-bond donors (Lipinski definition) is 3. The third-order valence-electron chi connectivity index (χ3n) is 2.46. The summed E-state index contributed by atoms with van der Waals surface area (Å²) in [5, 5.41) is 0.992. The molecule has 0 spiro atoms. The zero-order valence-electron chi connectivity index (χ0n) is 12.7. The van der Waals surface area contributed by atoms with Crippen molar-refractivity contribution in [3.05, 3.63) is 35.4 Å². The SMILES string of the molecule is CC(C)(C)c1ccc(CN(N)C(N)=O)cc1.CS(=O)(=O)O. The first kappa shape index (κ1) is 19.4. The zero-order chi connectivity index (χ0) is 16.8. The molecule has 0 fully saturated rings. The van der Waals surface area contributed by atoms with Crippen molar-refractivity contribution >= 4 is 16.1 Å². The number of nitrogens with zero attached hydrogens (tertiary/aromatic N) is 1. The van der Waals surface area contributed by atoms with Gasteiger partial charge in [-0.1, -0.05) is 45.0 Å². The average molecular weight is 317 g/mol. The van der Waals surface area contributed by atoms with E-state index in [1.807, 2.05) is 24.3 Å². The van der Waals surface area contributed by atoms with Crippen LogP contribution in [0.4, 0.5) is 4.79 Å². The lowest BCUT2D eigenvalue weighted by atomic mass is 9.87. The Labute approximate surface area is 125 Å². The molecule has 0 aromatic heterocycles. The summed E-state index contributed by atoms with van der Waals surface area (Å²) in [4.78, 5) is 10.8. The quantitative estimate of drug-likeness (QED) is 0.327. The standard InChI is InChI=1S/C12H19N3O.CH4O3S/c1-12(2,3)10-6-4-9(5-7-10)8-15(14)11(13)16;1-5(2,3)4/h4-7H,8,14H2,1-3H3,(H2,13,16);1H3,(H,2,3,4). The molecule has 0 aliphatic rings. The number of benzene rings is 1. The first-order chi connectivity index (χ1) is 9.30. The van der Waals surface area contributed by atoms with Crippen LogP contribution in [0, 0.1) is 0 Å². The average Bonchev–Trinajstić information content (AvgIpc) is 2.26. The van der Waals surface area contributed by atoms with Crippen LogP contribution in [0.15, 0.2) is 24.3 Å². The zero-order valence-corrected chi connectivity index (χ0v) is 13.5. The highest BCUT2D eigenvalue weighted by Crippen LogP contribution is 2.22. The lowest BCUT2D eigenvalue weighted by molar-refractivity contribution is 0.206. The predicted molar refractivity (Wildman–Crippen MR) is 81.9 cm³/mol. The van der Waals surface area contributed by atoms with Gasteiger partial charge in [0.05, 0.1) is 12.8 Å². The Morgan fingerprint density at radius 2 is 1.62 bits per heavy atom. The third kappa shape index (κ3) is 9.83. The fraction of sp³-hybridized carbons (Fsp3) is 0.462. The van der Waals surface area contributed by atoms with Crippen LogP contribution in [-0.4, -0.2) is 30.3 Å². The van der Waals surface area contributed by atoms with Gasteiger partial charge in [-0.2, -0.15) is 8.42 Å². The number of primary amides is 1. The Morgan fingerprint density at radius 3 is 1.90 bits per heavy atom. The summed E-state index contributed by atoms with van der Waals surface area (Å²) in [5.41, 5.74) is 7.39. The highest BCUT2D eigenvalue weighted by molar-refractivity contribution is 7.85. The molecule has 2 amide bonds. The minimum absolute atomic E-state index is 0.130. The maximum absolute atomic E-state index is 10.8. The molecule has 0 bridgehead atoms. The van der Waals surface area contributed by atoms with Crippen molar-refractivity contribution in [3.63, 3.8) is 0 Å². The van der Waals surface area contributed by atoms with Gasteiger partial charge in [0.15, 0.2) is 0 Å². The number of amides is 2. The van der Waals surface area contributed by atoms with Crippen molar-refractivity contribution in [1.29, 1.82) is 0 Å². The number of rotatable bonds is 2. The Balaban J connectivity index is 0.000000690. The molecule has 0 heterocycles. The molecule has 120 valence electrons. The molecular formula is C13H23N3O4S. The van der Waals surface area contributed by atoms with Crippen molar-refractivity contribution in [2.75, 3.05) is 6.26 Å². The Kier molecular flexibility index (Phi) is 6.81. The van der Waals surface area contributed by atoms with Crippen LogP contribution in [-0.2, 0) is 22.1 Å². The van der Waals surface area contributed by atoms with Crippen LogP contribution in [0.5, 0.6) is 0 Å². The number of urea groups is 1. The van der Waals surface area contributed by atoms with Crippen LogP contribution in [0.3, 0.4) is 0 Å². The molecule has 0 atom stereocenters. The van der Waals surface area contributed by atoms with Gasteiger partial charge < -0.3 is 5.73 Å². The van der Waals surface area contributed by atoms with Crippen LogP contribution in [0.25, 0.3) is 0 Å². The molecule has 1 aromatic rings. The second-order valence-corrected chi connectivity index (χ2v) is 7.11. The van der Waals surface area contributed by atoms with Gasteiger partial charge in [-0.25, -0.2) is 10.6 Å². The second-order valence-electron chi connectivity index (χ2n) is 5.65. The minimum Gasteiger partial charge on any atom is -0.350 e. The van der Waals surface area contributed by atoms with Gasteiger partial charge in [-0.05, 0) is 16.5 Å². The first-order valence-electron chi connectivity index (χ1n) is 6.14. The minimum atomic E-state index is -3.67. The summed E-state index contributed by atoms with van der Waals surface area (Å²) >= 11 is 0. The van der Waals surface area contributed by atoms with E-state index in [0.717, 1.165) is 10.6 Å². The van der Waals surface area contributed by atoms with E-state index in [1.165, 1.54) is 5.56 Å². The van der Waals surface area contributed by atoms with Crippen molar-refractivity contribution in [3.8, 4) is 0 Å². The van der Waals surface area contributed by atoms with E-state index in [4.69, 9.17) is 16.1 Å². The largest absolute Gasteiger partial charge is 0.350 e. The van der Waals surface area contributed by atoms with E-state index in [2.05, 4.69) is 20.8 Å². The molecule has 21 heavy (non-hydrogen) atoms. The van der Waals surface area contributed by atoms with E-state index in [-0.39, 0.29) is 5.41 Å². The van der Waals surface area contributed by atoms with E-state index in [9.17, 15) is 13.2 Å². The molecule has 1 rings (SSSR count). The Hall–Kier alpha value is -1.64. The van der Waals surface area contributed by atoms with Gasteiger partial charge in [0.1, 0.15) is 0 Å². The third-order valence-corrected chi connectivity index (χ3v) is 2.46. The highest BCUT2D eigenvalue weighted by atomic mass is 32.2. The maximum Gasteiger partial charge on any atom is 0.329 e. The monoisotopic (exact) mass is 317 g/mol. The van der Waals surface area contributed by atoms with Crippen LogP contribution in [0.1, 0.15) is 31.9 Å². The predicted octanol–water partition coefficient (Wildman–Crippen LogP) is 1.24. The molecule has 8 heteroatoms. The number of hydrogen-bond acceptors (Lipinski definition) is 4. The molecule has 0 aliphatic heterocycles. The van der Waals surface area contributed by atoms with Gasteiger partial charge in [0.2, 0.25) is 0 Å². The number of carbonyl (C=O) groups is 1. The smallest absolute Gasteiger partial charge is 0.329 e. The van der Waals surface area contributed by atoms with Crippen molar-refractivity contribution in [2.45, 2.75) is 32.7 Å². The van der Waals surface area contributed by atoms with Crippen molar-refractivity contribution < 1.29 is 17.8 Å². The summed E-state index contributed by atoms with van der Waals surface area (Å²) in [7, 11) is -3.67. The van der Waals surface area contributed by atoms with Gasteiger partial charge in [-0.3, -0.25) is 9.56 Å². The topological polar surface area (TPSA) is 127 Å². The number of carbonyl (C=O) groups excluding carboxylic acids is 1. The Bertz CT molecular complexity index is 554. The summed E-state index contributed by atoms with van der Waals surface area (Å²) < 4.78 is 25.9. The lowest BCUT2D eigenvalue weighted by Gasteiger charge is -2.20. The molecular weight excluding hydrogens is 294 g/mol. The van der Waals surface area contributed by atoms with Gasteiger partial charge >= 0.3 is 6.03 Å². The summed E-state index contributed by atoms with van der Waals surface area (Å²) in [6, 6.07) is 7.39. The normalized spacial score (nSPS) is 11.3. The van der Waals surface area contributed by atoms with E-state index in [0.29, 0.717) is 12.8 Å². The maximum atomic E-state index is 10.8.